The zero-order chi connectivity index (χ0) is 25.1. The van der Waals surface area contributed by atoms with Gasteiger partial charge in [-0.25, -0.2) is 4.98 Å². The number of hydrogen-bond acceptors (Lipinski definition) is 6. The zero-order valence-corrected chi connectivity index (χ0v) is 20.9. The number of Topliss-reactive ketones (excluding diaryl/α,β-unsaturated/α-hetero) is 1. The molecular weight excluding hydrogens is 472 g/mol. The Bertz CT molecular complexity index is 1580. The van der Waals surface area contributed by atoms with Crippen LogP contribution in [0, 0.1) is 13.8 Å². The molecule has 6 rings (SSSR count). The van der Waals surface area contributed by atoms with Gasteiger partial charge in [0, 0.05) is 12.0 Å². The van der Waals surface area contributed by atoms with Crippen molar-refractivity contribution in [3.05, 3.63) is 94.1 Å². The molecule has 2 aliphatic heterocycles. The maximum atomic E-state index is 13.5. The van der Waals surface area contributed by atoms with Crippen molar-refractivity contribution < 1.29 is 19.4 Å². The number of anilines is 1. The summed E-state index contributed by atoms with van der Waals surface area (Å²) in [5.41, 5.74) is 5.15. The first-order valence-electron chi connectivity index (χ1n) is 11.8. The molecule has 3 heterocycles. The van der Waals surface area contributed by atoms with Gasteiger partial charge in [-0.15, -0.1) is 0 Å². The number of aliphatic hydroxyl groups is 1. The summed E-state index contributed by atoms with van der Waals surface area (Å²) in [5.74, 6) is -0.838. The van der Waals surface area contributed by atoms with E-state index in [1.165, 1.54) is 16.2 Å². The van der Waals surface area contributed by atoms with Crippen molar-refractivity contribution in [2.75, 3.05) is 4.90 Å². The number of nitrogens with zero attached hydrogens (tertiary/aromatic N) is 2. The molecule has 0 bridgehead atoms. The van der Waals surface area contributed by atoms with Gasteiger partial charge in [-0.05, 0) is 67.8 Å². The van der Waals surface area contributed by atoms with E-state index >= 15 is 0 Å². The second-order valence-corrected chi connectivity index (χ2v) is 10.5. The predicted molar refractivity (Wildman–Crippen MR) is 141 cm³/mol. The van der Waals surface area contributed by atoms with Gasteiger partial charge in [-0.1, -0.05) is 47.2 Å². The van der Waals surface area contributed by atoms with Crippen LogP contribution in [-0.4, -0.2) is 27.9 Å². The maximum absolute atomic E-state index is 13.5. The van der Waals surface area contributed by atoms with Crippen molar-refractivity contribution in [2.24, 2.45) is 0 Å². The Morgan fingerprint density at radius 3 is 2.56 bits per heavy atom. The van der Waals surface area contributed by atoms with E-state index in [-0.39, 0.29) is 17.4 Å². The first kappa shape index (κ1) is 22.5. The first-order valence-corrected chi connectivity index (χ1v) is 12.7. The summed E-state index contributed by atoms with van der Waals surface area (Å²) >= 11 is 1.36. The summed E-state index contributed by atoms with van der Waals surface area (Å²) in [5, 5.41) is 11.9. The number of aliphatic hydroxyl groups excluding tert-OH is 1. The minimum absolute atomic E-state index is 0.0539. The third-order valence-electron chi connectivity index (χ3n) is 6.75. The minimum atomic E-state index is -0.796. The number of hydrogen-bond donors (Lipinski definition) is 1. The summed E-state index contributed by atoms with van der Waals surface area (Å²) in [4.78, 5) is 33.0. The molecule has 0 radical (unpaired) electrons. The molecule has 1 saturated heterocycles. The van der Waals surface area contributed by atoms with Crippen LogP contribution in [-0.2, 0) is 16.0 Å². The molecule has 2 atom stereocenters. The highest BCUT2D eigenvalue weighted by Crippen LogP contribution is 2.45. The fourth-order valence-corrected chi connectivity index (χ4v) is 6.03. The summed E-state index contributed by atoms with van der Waals surface area (Å²) in [6.07, 6.45) is 0.773. The van der Waals surface area contributed by atoms with Crippen molar-refractivity contribution in [2.45, 2.75) is 39.3 Å². The monoisotopic (exact) mass is 496 g/mol. The van der Waals surface area contributed by atoms with E-state index in [0.717, 1.165) is 44.6 Å². The van der Waals surface area contributed by atoms with Gasteiger partial charge in [-0.3, -0.25) is 14.5 Å². The fraction of sp³-hybridized carbons (Fsp3) is 0.207. The quantitative estimate of drug-likeness (QED) is 0.218. The van der Waals surface area contributed by atoms with Crippen LogP contribution in [0.2, 0.25) is 0 Å². The highest BCUT2D eigenvalue weighted by atomic mass is 32.1. The van der Waals surface area contributed by atoms with Gasteiger partial charge in [0.15, 0.2) is 5.13 Å². The minimum Gasteiger partial charge on any atom is -0.507 e. The molecule has 4 aromatic rings. The lowest BCUT2D eigenvalue weighted by Crippen LogP contribution is -2.29. The van der Waals surface area contributed by atoms with Gasteiger partial charge in [0.2, 0.25) is 0 Å². The molecular formula is C29H24N2O4S. The van der Waals surface area contributed by atoms with Crippen LogP contribution < -0.4 is 9.64 Å². The summed E-state index contributed by atoms with van der Waals surface area (Å²) in [6.45, 7) is 5.96. The lowest BCUT2D eigenvalue weighted by Gasteiger charge is -2.23. The fourth-order valence-electron chi connectivity index (χ4n) is 4.94. The van der Waals surface area contributed by atoms with Gasteiger partial charge >= 0.3 is 5.91 Å². The van der Waals surface area contributed by atoms with E-state index in [1.807, 2.05) is 69.3 Å². The Labute approximate surface area is 212 Å². The smallest absolute Gasteiger partial charge is 0.301 e. The molecule has 6 nitrogen and oxygen atoms in total. The van der Waals surface area contributed by atoms with Crippen LogP contribution in [0.4, 0.5) is 5.13 Å². The Kier molecular flexibility index (Phi) is 5.19. The summed E-state index contributed by atoms with van der Waals surface area (Å²) < 4.78 is 6.72. The number of thiazole rings is 1. The first-order chi connectivity index (χ1) is 17.3. The van der Waals surface area contributed by atoms with Crippen LogP contribution in [0.15, 0.2) is 66.2 Å². The number of fused-ring (bicyclic) bond motifs is 2. The van der Waals surface area contributed by atoms with Gasteiger partial charge in [0.1, 0.15) is 17.6 Å². The lowest BCUT2D eigenvalue weighted by atomic mass is 9.94. The Balaban J connectivity index is 1.53. The molecule has 1 N–H and O–H groups in total. The molecule has 0 aliphatic carbocycles. The number of ether oxygens (including phenoxy) is 1. The molecule has 1 aromatic heterocycles. The van der Waals surface area contributed by atoms with E-state index < -0.39 is 17.7 Å². The normalized spacial score (nSPS) is 20.7. The lowest BCUT2D eigenvalue weighted by molar-refractivity contribution is -0.132. The van der Waals surface area contributed by atoms with Crippen LogP contribution >= 0.6 is 11.3 Å². The number of aromatic nitrogens is 1. The van der Waals surface area contributed by atoms with Gasteiger partial charge in [-0.2, -0.15) is 0 Å². The molecule has 0 saturated carbocycles. The van der Waals surface area contributed by atoms with Gasteiger partial charge < -0.3 is 9.84 Å². The van der Waals surface area contributed by atoms with E-state index in [9.17, 15) is 14.7 Å². The number of carbonyl (C=O) groups is 2. The standard InChI is InChI=1S/C29H24N2O4S/c1-15-4-7-18(8-5-15)25-24(26(32)19-9-11-22-20(14-19)13-17(3)35-22)27(33)28(34)31(25)29-30-21-10-6-16(2)12-23(21)36-29/h4-12,14,17,25,32H,13H2,1-3H3/b26-24+/t17-,25+/m0/s1. The van der Waals surface area contributed by atoms with Crippen LogP contribution in [0.25, 0.3) is 16.0 Å². The summed E-state index contributed by atoms with van der Waals surface area (Å²) in [6, 6.07) is 18.1. The average Bonchev–Trinajstić information content (AvgIpc) is 3.51. The highest BCUT2D eigenvalue weighted by molar-refractivity contribution is 7.22. The van der Waals surface area contributed by atoms with Crippen LogP contribution in [0.1, 0.15) is 40.8 Å². The van der Waals surface area contributed by atoms with Crippen molar-refractivity contribution in [3.63, 3.8) is 0 Å². The van der Waals surface area contributed by atoms with Crippen LogP contribution in [0.5, 0.6) is 5.75 Å². The third kappa shape index (κ3) is 3.58. The van der Waals surface area contributed by atoms with E-state index in [2.05, 4.69) is 4.98 Å². The van der Waals surface area contributed by atoms with Crippen molar-refractivity contribution >= 4 is 44.1 Å². The zero-order valence-electron chi connectivity index (χ0n) is 20.1. The second-order valence-electron chi connectivity index (χ2n) is 9.50. The highest BCUT2D eigenvalue weighted by Gasteiger charge is 2.48. The number of rotatable bonds is 3. The summed E-state index contributed by atoms with van der Waals surface area (Å²) in [7, 11) is 0. The number of benzene rings is 3. The molecule has 180 valence electrons. The van der Waals surface area contributed by atoms with Crippen molar-refractivity contribution in [1.82, 2.24) is 4.98 Å². The average molecular weight is 497 g/mol. The molecule has 2 aliphatic rings. The molecule has 3 aromatic carbocycles. The largest absolute Gasteiger partial charge is 0.507 e. The van der Waals surface area contributed by atoms with Gasteiger partial charge in [0.05, 0.1) is 21.8 Å². The van der Waals surface area contributed by atoms with E-state index in [4.69, 9.17) is 4.74 Å². The Morgan fingerprint density at radius 1 is 1.03 bits per heavy atom. The Hall–Kier alpha value is -3.97. The van der Waals surface area contributed by atoms with Crippen molar-refractivity contribution in [1.29, 1.82) is 0 Å². The number of amides is 1. The predicted octanol–water partition coefficient (Wildman–Crippen LogP) is 5.86. The number of carbonyl (C=O) groups excluding carboxylic acids is 2. The third-order valence-corrected chi connectivity index (χ3v) is 7.76. The molecule has 36 heavy (non-hydrogen) atoms. The molecule has 1 fully saturated rings. The van der Waals surface area contributed by atoms with E-state index in [1.54, 1.807) is 12.1 Å². The molecule has 0 unspecified atom stereocenters. The van der Waals surface area contributed by atoms with Crippen molar-refractivity contribution in [3.8, 4) is 5.75 Å². The molecule has 0 spiro atoms. The van der Waals surface area contributed by atoms with Gasteiger partial charge in [0.25, 0.3) is 5.78 Å². The van der Waals surface area contributed by atoms with Crippen LogP contribution in [0.3, 0.4) is 0 Å². The molecule has 1 amide bonds. The topological polar surface area (TPSA) is 79.7 Å². The SMILES string of the molecule is Cc1ccc([C@@H]2/C(=C(\O)c3ccc4c(c3)C[C@H](C)O4)C(=O)C(=O)N2c2nc3ccc(C)cc3s2)cc1. The maximum Gasteiger partial charge on any atom is 0.301 e. The molecule has 7 heteroatoms. The number of ketones is 1. The number of aryl methyl sites for hydroxylation is 2. The second kappa shape index (κ2) is 8.31. The van der Waals surface area contributed by atoms with E-state index in [0.29, 0.717) is 10.7 Å². The Morgan fingerprint density at radius 2 is 1.78 bits per heavy atom.